The number of nitrogens with zero attached hydrogens (tertiary/aromatic N) is 3. The SMILES string of the molecule is Nc1nc(NCC(O)COCCOCCOCC(F)(F)F)nnc1-c1cccc(Cl)c1Cl. The Labute approximate surface area is 192 Å². The van der Waals surface area contributed by atoms with Crippen LogP contribution in [0.4, 0.5) is 24.9 Å². The van der Waals surface area contributed by atoms with E-state index in [1.165, 1.54) is 0 Å². The van der Waals surface area contributed by atoms with Gasteiger partial charge in [0.2, 0.25) is 5.95 Å². The Morgan fingerprint density at radius 3 is 2.44 bits per heavy atom. The van der Waals surface area contributed by atoms with Crippen molar-refractivity contribution in [3.05, 3.63) is 28.2 Å². The van der Waals surface area contributed by atoms with E-state index in [-0.39, 0.29) is 62.1 Å². The Morgan fingerprint density at radius 2 is 1.75 bits per heavy atom. The van der Waals surface area contributed by atoms with E-state index in [2.05, 4.69) is 25.2 Å². The first-order valence-corrected chi connectivity index (χ1v) is 10.1. The molecule has 0 saturated carbocycles. The maximum atomic E-state index is 11.9. The van der Waals surface area contributed by atoms with Gasteiger partial charge in [0.05, 0.1) is 49.2 Å². The maximum Gasteiger partial charge on any atom is 0.411 e. The number of benzene rings is 1. The van der Waals surface area contributed by atoms with Crippen LogP contribution in [0.2, 0.25) is 10.0 Å². The molecule has 0 radical (unpaired) electrons. The lowest BCUT2D eigenvalue weighted by Crippen LogP contribution is -2.26. The second-order valence-electron chi connectivity index (χ2n) is 6.36. The normalized spacial score (nSPS) is 12.7. The summed E-state index contributed by atoms with van der Waals surface area (Å²) in [5.74, 6) is 0.180. The van der Waals surface area contributed by atoms with Gasteiger partial charge in [0, 0.05) is 12.1 Å². The molecule has 1 heterocycles. The molecule has 1 atom stereocenters. The van der Waals surface area contributed by atoms with Crippen LogP contribution in [0.3, 0.4) is 0 Å². The number of hydrogen-bond donors (Lipinski definition) is 3. The van der Waals surface area contributed by atoms with Gasteiger partial charge >= 0.3 is 6.18 Å². The smallest absolute Gasteiger partial charge is 0.389 e. The van der Waals surface area contributed by atoms with Crippen molar-refractivity contribution < 1.29 is 32.5 Å². The molecular formula is C18H22Cl2F3N5O4. The van der Waals surface area contributed by atoms with Gasteiger partial charge in [-0.15, -0.1) is 10.2 Å². The molecule has 0 aliphatic rings. The zero-order valence-corrected chi connectivity index (χ0v) is 18.3. The summed E-state index contributed by atoms with van der Waals surface area (Å²) in [6, 6.07) is 5.01. The Balaban J connectivity index is 1.64. The minimum absolute atomic E-state index is 0.00566. The Kier molecular flexibility index (Phi) is 10.6. The number of anilines is 2. The average molecular weight is 500 g/mol. The van der Waals surface area contributed by atoms with Crippen molar-refractivity contribution in [2.45, 2.75) is 12.3 Å². The number of ether oxygens (including phenoxy) is 3. The number of aliphatic hydroxyl groups is 1. The first-order chi connectivity index (χ1) is 15.2. The Morgan fingerprint density at radius 1 is 1.06 bits per heavy atom. The van der Waals surface area contributed by atoms with Crippen molar-refractivity contribution in [3.63, 3.8) is 0 Å². The number of hydrogen-bond acceptors (Lipinski definition) is 9. The standard InChI is InChI=1S/C18H22Cl2F3N5O4/c19-13-3-1-2-12(14(13)20)15-16(24)26-17(28-27-15)25-8-11(29)9-31-6-4-30-5-7-32-10-18(21,22)23/h1-3,11,29H,4-10H2,(H3,24,25,26,28). The highest BCUT2D eigenvalue weighted by Crippen LogP contribution is 2.34. The van der Waals surface area contributed by atoms with Gasteiger partial charge in [-0.2, -0.15) is 18.2 Å². The average Bonchev–Trinajstić information content (AvgIpc) is 2.72. The zero-order valence-electron chi connectivity index (χ0n) is 16.7. The molecule has 0 aliphatic carbocycles. The lowest BCUT2D eigenvalue weighted by molar-refractivity contribution is -0.176. The molecule has 2 aromatic rings. The van der Waals surface area contributed by atoms with Gasteiger partial charge in [0.15, 0.2) is 5.82 Å². The molecule has 0 aliphatic heterocycles. The van der Waals surface area contributed by atoms with Crippen LogP contribution in [0.25, 0.3) is 11.3 Å². The summed E-state index contributed by atoms with van der Waals surface area (Å²) >= 11 is 12.2. The van der Waals surface area contributed by atoms with Crippen LogP contribution in [-0.2, 0) is 14.2 Å². The van der Waals surface area contributed by atoms with Crippen molar-refractivity contribution in [1.29, 1.82) is 0 Å². The molecule has 4 N–H and O–H groups in total. The molecule has 178 valence electrons. The molecule has 2 rings (SSSR count). The third kappa shape index (κ3) is 9.27. The van der Waals surface area contributed by atoms with Gasteiger partial charge in [-0.1, -0.05) is 35.3 Å². The summed E-state index contributed by atoms with van der Waals surface area (Å²) < 4.78 is 50.3. The molecule has 9 nitrogen and oxygen atoms in total. The van der Waals surface area contributed by atoms with E-state index in [1.54, 1.807) is 18.2 Å². The third-order valence-electron chi connectivity index (χ3n) is 3.74. The lowest BCUT2D eigenvalue weighted by atomic mass is 10.1. The summed E-state index contributed by atoms with van der Waals surface area (Å²) in [5.41, 5.74) is 6.70. The monoisotopic (exact) mass is 499 g/mol. The second-order valence-corrected chi connectivity index (χ2v) is 7.15. The highest BCUT2D eigenvalue weighted by Gasteiger charge is 2.27. The minimum atomic E-state index is -4.36. The van der Waals surface area contributed by atoms with Crippen molar-refractivity contribution >= 4 is 35.0 Å². The minimum Gasteiger partial charge on any atom is -0.389 e. The fraction of sp³-hybridized carbons (Fsp3) is 0.500. The highest BCUT2D eigenvalue weighted by atomic mass is 35.5. The van der Waals surface area contributed by atoms with Crippen molar-refractivity contribution in [3.8, 4) is 11.3 Å². The van der Waals surface area contributed by atoms with E-state index in [0.717, 1.165) is 0 Å². The number of nitrogens with two attached hydrogens (primary N) is 1. The summed E-state index contributed by atoms with van der Waals surface area (Å²) in [6.45, 7) is -1.14. The molecule has 1 unspecified atom stereocenters. The van der Waals surface area contributed by atoms with E-state index in [1.807, 2.05) is 0 Å². The highest BCUT2D eigenvalue weighted by molar-refractivity contribution is 6.43. The predicted octanol–water partition coefficient (Wildman–Crippen LogP) is 2.81. The van der Waals surface area contributed by atoms with Crippen molar-refractivity contribution in [2.75, 3.05) is 57.2 Å². The summed E-state index contributed by atoms with van der Waals surface area (Å²) in [4.78, 5) is 4.09. The largest absolute Gasteiger partial charge is 0.411 e. The summed E-state index contributed by atoms with van der Waals surface area (Å²) in [6.07, 6.45) is -5.25. The molecular weight excluding hydrogens is 478 g/mol. The first-order valence-electron chi connectivity index (χ1n) is 9.34. The summed E-state index contributed by atoms with van der Waals surface area (Å²) in [5, 5.41) is 21.3. The Hall–Kier alpha value is -1.96. The number of aromatic nitrogens is 3. The van der Waals surface area contributed by atoms with E-state index >= 15 is 0 Å². The number of aliphatic hydroxyl groups excluding tert-OH is 1. The predicted molar refractivity (Wildman–Crippen MR) is 113 cm³/mol. The zero-order chi connectivity index (χ0) is 23.6. The number of alkyl halides is 3. The lowest BCUT2D eigenvalue weighted by Gasteiger charge is -2.13. The quantitative estimate of drug-likeness (QED) is 0.356. The first kappa shape index (κ1) is 26.3. The van der Waals surface area contributed by atoms with Crippen LogP contribution >= 0.6 is 23.2 Å². The van der Waals surface area contributed by atoms with Crippen LogP contribution in [0.1, 0.15) is 0 Å². The molecule has 0 fully saturated rings. The van der Waals surface area contributed by atoms with Crippen LogP contribution in [-0.4, -0.2) is 78.8 Å². The van der Waals surface area contributed by atoms with Crippen molar-refractivity contribution in [1.82, 2.24) is 15.2 Å². The van der Waals surface area contributed by atoms with Crippen LogP contribution in [0, 0.1) is 0 Å². The number of nitrogens with one attached hydrogen (secondary N) is 1. The summed E-state index contributed by atoms with van der Waals surface area (Å²) in [7, 11) is 0. The molecule has 0 saturated heterocycles. The molecule has 14 heteroatoms. The van der Waals surface area contributed by atoms with Gasteiger partial charge in [-0.05, 0) is 6.07 Å². The molecule has 1 aromatic heterocycles. The topological polar surface area (TPSA) is 125 Å². The maximum absolute atomic E-state index is 11.9. The molecule has 1 aromatic carbocycles. The van der Waals surface area contributed by atoms with Gasteiger partial charge in [-0.3, -0.25) is 0 Å². The second kappa shape index (κ2) is 12.9. The van der Waals surface area contributed by atoms with E-state index in [4.69, 9.17) is 38.4 Å². The van der Waals surface area contributed by atoms with E-state index in [0.29, 0.717) is 10.6 Å². The Bertz CT molecular complexity index is 864. The van der Waals surface area contributed by atoms with Gasteiger partial charge < -0.3 is 30.4 Å². The fourth-order valence-corrected chi connectivity index (χ4v) is 2.69. The molecule has 0 amide bonds. The number of rotatable bonds is 13. The van der Waals surface area contributed by atoms with Gasteiger partial charge in [0.25, 0.3) is 0 Å². The fourth-order valence-electron chi connectivity index (χ4n) is 2.30. The van der Waals surface area contributed by atoms with E-state index < -0.39 is 18.9 Å². The molecule has 0 spiro atoms. The number of halogens is 5. The van der Waals surface area contributed by atoms with Crippen LogP contribution < -0.4 is 11.1 Å². The van der Waals surface area contributed by atoms with Gasteiger partial charge in [0.1, 0.15) is 12.3 Å². The number of nitrogen functional groups attached to an aromatic ring is 1. The third-order valence-corrected chi connectivity index (χ3v) is 4.56. The van der Waals surface area contributed by atoms with Crippen LogP contribution in [0.5, 0.6) is 0 Å². The molecule has 0 bridgehead atoms. The van der Waals surface area contributed by atoms with Crippen molar-refractivity contribution in [2.24, 2.45) is 0 Å². The van der Waals surface area contributed by atoms with Gasteiger partial charge in [-0.25, -0.2) is 0 Å². The van der Waals surface area contributed by atoms with Crippen LogP contribution in [0.15, 0.2) is 18.2 Å². The molecule has 32 heavy (non-hydrogen) atoms. The van der Waals surface area contributed by atoms with E-state index in [9.17, 15) is 18.3 Å².